The number of hydrogen-bond donors (Lipinski definition) is 2. The predicted octanol–water partition coefficient (Wildman–Crippen LogP) is 1.75. The molecular formula is C20H22N6O2. The molecule has 28 heavy (non-hydrogen) atoms. The van der Waals surface area contributed by atoms with Crippen LogP contribution in [0.4, 0.5) is 0 Å². The number of aromatic nitrogens is 2. The molecule has 3 rings (SSSR count). The van der Waals surface area contributed by atoms with Crippen LogP contribution in [0.2, 0.25) is 0 Å². The number of nitrogens with one attached hydrogen (secondary N) is 2. The molecule has 1 aromatic heterocycles. The van der Waals surface area contributed by atoms with E-state index in [0.29, 0.717) is 24.3 Å². The van der Waals surface area contributed by atoms with Gasteiger partial charge in [0.1, 0.15) is 12.5 Å². The standard InChI is InChI=1S/C20H22N6O2/c1-14(22)17(12-21)18-5-6-24-20(25-18)28-13-15-3-2-4-16(11-15)19(27)26-9-7-23-8-10-26/h2-6,11,17,22-23H,7-10,13H2,1H3. The van der Waals surface area contributed by atoms with Gasteiger partial charge < -0.3 is 20.4 Å². The summed E-state index contributed by atoms with van der Waals surface area (Å²) in [5, 5.41) is 20.1. The molecule has 1 fully saturated rings. The van der Waals surface area contributed by atoms with Gasteiger partial charge in [-0.05, 0) is 30.7 Å². The van der Waals surface area contributed by atoms with Crippen molar-refractivity contribution < 1.29 is 9.53 Å². The largest absolute Gasteiger partial charge is 0.459 e. The van der Waals surface area contributed by atoms with Crippen molar-refractivity contribution in [2.45, 2.75) is 19.4 Å². The van der Waals surface area contributed by atoms with Crippen LogP contribution in [-0.2, 0) is 6.61 Å². The van der Waals surface area contributed by atoms with Crippen LogP contribution < -0.4 is 10.1 Å². The molecule has 0 aliphatic carbocycles. The zero-order valence-corrected chi connectivity index (χ0v) is 15.7. The highest BCUT2D eigenvalue weighted by atomic mass is 16.5. The fourth-order valence-corrected chi connectivity index (χ4v) is 2.96. The second-order valence-corrected chi connectivity index (χ2v) is 6.54. The summed E-state index contributed by atoms with van der Waals surface area (Å²) in [7, 11) is 0. The zero-order chi connectivity index (χ0) is 19.9. The molecule has 1 amide bonds. The Hall–Kier alpha value is -3.31. The highest BCUT2D eigenvalue weighted by molar-refractivity contribution is 5.94. The maximum Gasteiger partial charge on any atom is 0.316 e. The zero-order valence-electron chi connectivity index (χ0n) is 15.7. The van der Waals surface area contributed by atoms with Gasteiger partial charge in [0.2, 0.25) is 0 Å². The average molecular weight is 378 g/mol. The Balaban J connectivity index is 1.67. The quantitative estimate of drug-likeness (QED) is 0.740. The van der Waals surface area contributed by atoms with Gasteiger partial charge in [-0.3, -0.25) is 4.79 Å². The van der Waals surface area contributed by atoms with Crippen LogP contribution in [0.1, 0.15) is 34.5 Å². The molecule has 8 nitrogen and oxygen atoms in total. The number of carbonyl (C=O) groups excluding carboxylic acids is 1. The minimum atomic E-state index is -0.717. The summed E-state index contributed by atoms with van der Waals surface area (Å²) < 4.78 is 5.65. The lowest BCUT2D eigenvalue weighted by Gasteiger charge is -2.27. The van der Waals surface area contributed by atoms with Crippen molar-refractivity contribution in [3.05, 3.63) is 53.3 Å². The van der Waals surface area contributed by atoms with E-state index in [2.05, 4.69) is 21.4 Å². The number of benzene rings is 1. The van der Waals surface area contributed by atoms with Crippen molar-refractivity contribution in [1.82, 2.24) is 20.2 Å². The van der Waals surface area contributed by atoms with Crippen LogP contribution in [-0.4, -0.2) is 52.7 Å². The van der Waals surface area contributed by atoms with Gasteiger partial charge in [0.05, 0.1) is 11.8 Å². The normalized spacial score (nSPS) is 14.8. The summed E-state index contributed by atoms with van der Waals surface area (Å²) in [5.74, 6) is -0.703. The van der Waals surface area contributed by atoms with Crippen molar-refractivity contribution in [2.75, 3.05) is 26.2 Å². The van der Waals surface area contributed by atoms with Crippen LogP contribution in [0, 0.1) is 16.7 Å². The Kier molecular flexibility index (Phi) is 6.29. The number of piperazine rings is 1. The molecule has 2 heterocycles. The van der Waals surface area contributed by atoms with E-state index < -0.39 is 5.92 Å². The predicted molar refractivity (Wildman–Crippen MR) is 103 cm³/mol. The molecule has 1 aliphatic heterocycles. The summed E-state index contributed by atoms with van der Waals surface area (Å²) in [6.45, 7) is 4.78. The third-order valence-electron chi connectivity index (χ3n) is 4.46. The van der Waals surface area contributed by atoms with Gasteiger partial charge in [-0.15, -0.1) is 0 Å². The van der Waals surface area contributed by atoms with Crippen LogP contribution >= 0.6 is 0 Å². The molecule has 1 aliphatic rings. The lowest BCUT2D eigenvalue weighted by molar-refractivity contribution is 0.0735. The van der Waals surface area contributed by atoms with Gasteiger partial charge in [0.25, 0.3) is 5.91 Å². The van der Waals surface area contributed by atoms with Crippen molar-refractivity contribution in [1.29, 1.82) is 10.7 Å². The minimum Gasteiger partial charge on any atom is -0.459 e. The number of nitriles is 1. The molecule has 2 aromatic rings. The van der Waals surface area contributed by atoms with E-state index >= 15 is 0 Å². The molecule has 144 valence electrons. The van der Waals surface area contributed by atoms with E-state index in [-0.39, 0.29) is 24.2 Å². The van der Waals surface area contributed by atoms with Gasteiger partial charge in [-0.25, -0.2) is 4.98 Å². The molecule has 0 saturated carbocycles. The van der Waals surface area contributed by atoms with Gasteiger partial charge in [-0.2, -0.15) is 10.2 Å². The minimum absolute atomic E-state index is 0.0138. The van der Waals surface area contributed by atoms with E-state index in [9.17, 15) is 10.1 Å². The Morgan fingerprint density at radius 3 is 2.89 bits per heavy atom. The van der Waals surface area contributed by atoms with Crippen LogP contribution in [0.25, 0.3) is 0 Å². The lowest BCUT2D eigenvalue weighted by atomic mass is 10.0. The van der Waals surface area contributed by atoms with E-state index in [1.165, 1.54) is 6.20 Å². The van der Waals surface area contributed by atoms with E-state index in [0.717, 1.165) is 18.7 Å². The number of amides is 1. The molecule has 1 atom stereocenters. The Morgan fingerprint density at radius 1 is 1.39 bits per heavy atom. The summed E-state index contributed by atoms with van der Waals surface area (Å²) >= 11 is 0. The first kappa shape index (κ1) is 19.5. The van der Waals surface area contributed by atoms with Gasteiger partial charge in [0.15, 0.2) is 0 Å². The summed E-state index contributed by atoms with van der Waals surface area (Å²) in [6.07, 6.45) is 1.51. The van der Waals surface area contributed by atoms with Crippen LogP contribution in [0.15, 0.2) is 36.5 Å². The second kappa shape index (κ2) is 9.06. The molecule has 2 N–H and O–H groups in total. The average Bonchev–Trinajstić information content (AvgIpc) is 2.73. The maximum absolute atomic E-state index is 12.6. The molecule has 8 heteroatoms. The third kappa shape index (κ3) is 4.69. The van der Waals surface area contributed by atoms with Gasteiger partial charge >= 0.3 is 6.01 Å². The number of hydrogen-bond acceptors (Lipinski definition) is 7. The van der Waals surface area contributed by atoms with Crippen molar-refractivity contribution >= 4 is 11.6 Å². The van der Waals surface area contributed by atoms with E-state index in [1.807, 2.05) is 23.1 Å². The number of carbonyl (C=O) groups is 1. The smallest absolute Gasteiger partial charge is 0.316 e. The third-order valence-corrected chi connectivity index (χ3v) is 4.46. The lowest BCUT2D eigenvalue weighted by Crippen LogP contribution is -2.46. The summed E-state index contributed by atoms with van der Waals surface area (Å²) in [6, 6.07) is 11.1. The number of ether oxygens (including phenoxy) is 1. The molecule has 0 bridgehead atoms. The molecule has 0 spiro atoms. The Morgan fingerprint density at radius 2 is 2.18 bits per heavy atom. The Bertz CT molecular complexity index is 902. The molecular weight excluding hydrogens is 356 g/mol. The van der Waals surface area contributed by atoms with E-state index in [4.69, 9.17) is 10.1 Å². The monoisotopic (exact) mass is 378 g/mol. The number of nitrogens with zero attached hydrogens (tertiary/aromatic N) is 4. The van der Waals surface area contributed by atoms with Gasteiger partial charge in [-0.1, -0.05) is 12.1 Å². The first-order valence-electron chi connectivity index (χ1n) is 9.08. The van der Waals surface area contributed by atoms with Gasteiger partial charge in [0, 0.05) is 43.7 Å². The highest BCUT2D eigenvalue weighted by Gasteiger charge is 2.18. The van der Waals surface area contributed by atoms with Crippen molar-refractivity contribution in [2.24, 2.45) is 0 Å². The molecule has 1 saturated heterocycles. The van der Waals surface area contributed by atoms with Crippen molar-refractivity contribution in [3.63, 3.8) is 0 Å². The van der Waals surface area contributed by atoms with Crippen LogP contribution in [0.5, 0.6) is 6.01 Å². The van der Waals surface area contributed by atoms with Crippen molar-refractivity contribution in [3.8, 4) is 12.1 Å². The first-order chi connectivity index (χ1) is 13.6. The molecule has 1 aromatic carbocycles. The summed E-state index contributed by atoms with van der Waals surface area (Å²) in [5.41, 5.74) is 2.10. The van der Waals surface area contributed by atoms with E-state index in [1.54, 1.807) is 19.1 Å². The van der Waals surface area contributed by atoms with Crippen LogP contribution in [0.3, 0.4) is 0 Å². The first-order valence-corrected chi connectivity index (χ1v) is 9.08. The molecule has 1 unspecified atom stereocenters. The number of rotatable bonds is 6. The topological polar surface area (TPSA) is 115 Å². The maximum atomic E-state index is 12.6. The Labute approximate surface area is 163 Å². The summed E-state index contributed by atoms with van der Waals surface area (Å²) in [4.78, 5) is 22.8. The highest BCUT2D eigenvalue weighted by Crippen LogP contribution is 2.17. The SMILES string of the molecule is CC(=N)C(C#N)c1ccnc(OCc2cccc(C(=O)N3CCNCC3)c2)n1. The second-order valence-electron chi connectivity index (χ2n) is 6.54. The fourth-order valence-electron chi connectivity index (χ4n) is 2.96. The fraction of sp³-hybridized carbons (Fsp3) is 0.350. The molecule has 0 radical (unpaired) electrons.